The van der Waals surface area contributed by atoms with Crippen LogP contribution in [-0.2, 0) is 4.79 Å². The van der Waals surface area contributed by atoms with E-state index in [-0.39, 0.29) is 11.8 Å². The van der Waals surface area contributed by atoms with Gasteiger partial charge >= 0.3 is 0 Å². The highest BCUT2D eigenvalue weighted by atomic mass is 16.5. The fourth-order valence-electron chi connectivity index (χ4n) is 4.54. The summed E-state index contributed by atoms with van der Waals surface area (Å²) in [5, 5.41) is 7.52. The molecular formula is C23H26N4O4. The molecule has 0 saturated carbocycles. The number of anilines is 1. The molecule has 1 spiro atoms. The van der Waals surface area contributed by atoms with Crippen LogP contribution in [0.3, 0.4) is 0 Å². The molecule has 2 aliphatic heterocycles. The SMILES string of the molecule is COc1cc(N2CCC3(CCN(C(=O)c4ccoc4)CC3)C2=O)ccc1/C(C=N)=C/N. The van der Waals surface area contributed by atoms with Crippen LogP contribution in [-0.4, -0.2) is 49.7 Å². The highest BCUT2D eigenvalue weighted by Gasteiger charge is 2.49. The van der Waals surface area contributed by atoms with Crippen molar-refractivity contribution in [3.05, 3.63) is 54.1 Å². The number of piperidine rings is 1. The number of amides is 2. The molecule has 0 radical (unpaired) electrons. The number of carbonyl (C=O) groups excluding carboxylic acids is 2. The van der Waals surface area contributed by atoms with Crippen LogP contribution in [0.2, 0.25) is 0 Å². The standard InChI is InChI=1S/C23H26N4O4/c1-30-20-12-18(2-3-19(20)17(13-24)14-25)27-10-7-23(22(27)29)5-8-26(9-6-23)21(28)16-4-11-31-15-16/h2-4,11-15,24H,5-10,25H2,1H3/b17-14+,24-13?. The number of benzene rings is 1. The fraction of sp³-hybridized carbons (Fsp3) is 0.348. The minimum absolute atomic E-state index is 0.0545. The Kier molecular flexibility index (Phi) is 5.54. The minimum Gasteiger partial charge on any atom is -0.496 e. The van der Waals surface area contributed by atoms with Crippen molar-refractivity contribution in [2.45, 2.75) is 19.3 Å². The maximum absolute atomic E-state index is 13.4. The quantitative estimate of drug-likeness (QED) is 0.720. The lowest BCUT2D eigenvalue weighted by Crippen LogP contribution is -2.46. The lowest BCUT2D eigenvalue weighted by atomic mass is 9.77. The van der Waals surface area contributed by atoms with E-state index in [0.29, 0.717) is 54.9 Å². The van der Waals surface area contributed by atoms with Crippen LogP contribution in [0, 0.1) is 10.8 Å². The van der Waals surface area contributed by atoms with Gasteiger partial charge < -0.3 is 30.1 Å². The molecule has 0 bridgehead atoms. The molecule has 4 rings (SSSR count). The second kappa shape index (κ2) is 8.29. The summed E-state index contributed by atoms with van der Waals surface area (Å²) in [5.41, 5.74) is 7.73. The van der Waals surface area contributed by atoms with Gasteiger partial charge in [-0.1, -0.05) is 0 Å². The van der Waals surface area contributed by atoms with Gasteiger partial charge in [0.25, 0.3) is 5.91 Å². The monoisotopic (exact) mass is 422 g/mol. The van der Waals surface area contributed by atoms with Crippen LogP contribution in [0.4, 0.5) is 5.69 Å². The van der Waals surface area contributed by atoms with Gasteiger partial charge in [0.2, 0.25) is 5.91 Å². The van der Waals surface area contributed by atoms with E-state index in [1.807, 2.05) is 18.2 Å². The first-order chi connectivity index (χ1) is 15.0. The number of furan rings is 1. The number of rotatable bonds is 5. The number of hydrogen-bond acceptors (Lipinski definition) is 6. The highest BCUT2D eigenvalue weighted by Crippen LogP contribution is 2.44. The van der Waals surface area contributed by atoms with Crippen molar-refractivity contribution in [1.29, 1.82) is 5.41 Å². The molecule has 2 aliphatic rings. The number of nitrogens with one attached hydrogen (secondary N) is 1. The molecule has 162 valence electrons. The number of allylic oxidation sites excluding steroid dienone is 1. The maximum atomic E-state index is 13.4. The molecule has 2 aromatic rings. The van der Waals surface area contributed by atoms with E-state index in [1.165, 1.54) is 24.9 Å². The number of likely N-dealkylation sites (tertiary alicyclic amines) is 1. The number of nitrogens with zero attached hydrogens (tertiary/aromatic N) is 2. The van der Waals surface area contributed by atoms with Crippen molar-refractivity contribution in [2.24, 2.45) is 11.1 Å². The molecule has 8 nitrogen and oxygen atoms in total. The number of ether oxygens (including phenoxy) is 1. The summed E-state index contributed by atoms with van der Waals surface area (Å²) in [6.07, 6.45) is 7.54. The summed E-state index contributed by atoms with van der Waals surface area (Å²) in [4.78, 5) is 29.6. The number of carbonyl (C=O) groups is 2. The zero-order valence-corrected chi connectivity index (χ0v) is 17.5. The maximum Gasteiger partial charge on any atom is 0.257 e. The zero-order valence-electron chi connectivity index (χ0n) is 17.5. The third kappa shape index (κ3) is 3.58. The van der Waals surface area contributed by atoms with Gasteiger partial charge in [-0.05, 0) is 37.5 Å². The highest BCUT2D eigenvalue weighted by molar-refractivity contribution is 6.09. The Morgan fingerprint density at radius 2 is 1.97 bits per heavy atom. The lowest BCUT2D eigenvalue weighted by Gasteiger charge is -2.37. The fourth-order valence-corrected chi connectivity index (χ4v) is 4.54. The van der Waals surface area contributed by atoms with Gasteiger partial charge in [0.05, 0.1) is 24.4 Å². The minimum atomic E-state index is -0.434. The largest absolute Gasteiger partial charge is 0.496 e. The van der Waals surface area contributed by atoms with Crippen molar-refractivity contribution in [3.8, 4) is 5.75 Å². The van der Waals surface area contributed by atoms with Gasteiger partial charge in [-0.25, -0.2) is 0 Å². The smallest absolute Gasteiger partial charge is 0.257 e. The van der Waals surface area contributed by atoms with Gasteiger partial charge in [0.15, 0.2) is 0 Å². The number of methoxy groups -OCH3 is 1. The first-order valence-electron chi connectivity index (χ1n) is 10.3. The average molecular weight is 422 g/mol. The molecule has 1 aromatic carbocycles. The Morgan fingerprint density at radius 3 is 2.58 bits per heavy atom. The number of hydrogen-bond donors (Lipinski definition) is 2. The van der Waals surface area contributed by atoms with Crippen molar-refractivity contribution < 1.29 is 18.7 Å². The lowest BCUT2D eigenvalue weighted by molar-refractivity contribution is -0.127. The first kappa shape index (κ1) is 20.7. The van der Waals surface area contributed by atoms with E-state index < -0.39 is 5.41 Å². The Labute approximate surface area is 180 Å². The van der Waals surface area contributed by atoms with Crippen molar-refractivity contribution >= 4 is 29.3 Å². The van der Waals surface area contributed by atoms with E-state index in [1.54, 1.807) is 23.0 Å². The molecule has 3 N–H and O–H groups in total. The van der Waals surface area contributed by atoms with E-state index in [4.69, 9.17) is 20.3 Å². The van der Waals surface area contributed by atoms with Crippen LogP contribution in [0.15, 0.2) is 47.4 Å². The van der Waals surface area contributed by atoms with Crippen LogP contribution < -0.4 is 15.4 Å². The van der Waals surface area contributed by atoms with Crippen LogP contribution >= 0.6 is 0 Å². The van der Waals surface area contributed by atoms with Crippen molar-refractivity contribution in [3.63, 3.8) is 0 Å². The average Bonchev–Trinajstić information content (AvgIpc) is 3.45. The molecule has 0 unspecified atom stereocenters. The Bertz CT molecular complexity index is 1020. The zero-order chi connectivity index (χ0) is 22.0. The topological polar surface area (TPSA) is 113 Å². The molecule has 31 heavy (non-hydrogen) atoms. The molecule has 2 saturated heterocycles. The van der Waals surface area contributed by atoms with Gasteiger partial charge in [0, 0.05) is 54.9 Å². The molecule has 3 heterocycles. The second-order valence-corrected chi connectivity index (χ2v) is 7.94. The second-order valence-electron chi connectivity index (χ2n) is 7.94. The van der Waals surface area contributed by atoms with Crippen molar-refractivity contribution in [2.75, 3.05) is 31.6 Å². The van der Waals surface area contributed by atoms with E-state index in [9.17, 15) is 9.59 Å². The Hall–Kier alpha value is -3.55. The van der Waals surface area contributed by atoms with Gasteiger partial charge in [-0.3, -0.25) is 9.59 Å². The van der Waals surface area contributed by atoms with E-state index >= 15 is 0 Å². The van der Waals surface area contributed by atoms with E-state index in [2.05, 4.69) is 0 Å². The molecule has 2 fully saturated rings. The predicted molar refractivity (Wildman–Crippen MR) is 117 cm³/mol. The summed E-state index contributed by atoms with van der Waals surface area (Å²) >= 11 is 0. The summed E-state index contributed by atoms with van der Waals surface area (Å²) < 4.78 is 10.5. The predicted octanol–water partition coefficient (Wildman–Crippen LogP) is 2.90. The summed E-state index contributed by atoms with van der Waals surface area (Å²) in [7, 11) is 1.56. The molecule has 2 amide bonds. The summed E-state index contributed by atoms with van der Waals surface area (Å²) in [5.74, 6) is 0.604. The molecule has 0 aliphatic carbocycles. The Morgan fingerprint density at radius 1 is 1.23 bits per heavy atom. The molecule has 8 heteroatoms. The van der Waals surface area contributed by atoms with Crippen LogP contribution in [0.25, 0.3) is 5.57 Å². The number of nitrogens with two attached hydrogens (primary N) is 1. The molecule has 1 aromatic heterocycles. The third-order valence-corrected chi connectivity index (χ3v) is 6.43. The van der Waals surface area contributed by atoms with Gasteiger partial charge in [-0.15, -0.1) is 0 Å². The normalized spacial score (nSPS) is 18.5. The Balaban J connectivity index is 1.50. The third-order valence-electron chi connectivity index (χ3n) is 6.43. The molecular weight excluding hydrogens is 396 g/mol. The van der Waals surface area contributed by atoms with Crippen molar-refractivity contribution in [1.82, 2.24) is 4.90 Å². The van der Waals surface area contributed by atoms with Crippen LogP contribution in [0.5, 0.6) is 5.75 Å². The van der Waals surface area contributed by atoms with Gasteiger partial charge in [0.1, 0.15) is 12.0 Å². The van der Waals surface area contributed by atoms with Gasteiger partial charge in [-0.2, -0.15) is 0 Å². The summed E-state index contributed by atoms with van der Waals surface area (Å²) in [6.45, 7) is 1.73. The molecule has 0 atom stereocenters. The van der Waals surface area contributed by atoms with E-state index in [0.717, 1.165) is 12.1 Å². The van der Waals surface area contributed by atoms with Crippen LogP contribution in [0.1, 0.15) is 35.2 Å². The first-order valence-corrected chi connectivity index (χ1v) is 10.3. The summed E-state index contributed by atoms with van der Waals surface area (Å²) in [6, 6.07) is 7.16.